The molecule has 120 valence electrons. The van der Waals surface area contributed by atoms with Crippen LogP contribution in [0.1, 0.15) is 18.9 Å². The number of fused-ring (bicyclic) bond motifs is 3. The number of phenolic OH excluding ortho intramolecular Hbond substituents is 1. The van der Waals surface area contributed by atoms with Gasteiger partial charge in [-0.1, -0.05) is 48.9 Å². The van der Waals surface area contributed by atoms with E-state index in [9.17, 15) is 5.11 Å². The van der Waals surface area contributed by atoms with Crippen LogP contribution < -0.4 is 10.2 Å². The normalized spacial score (nSPS) is 15.6. The monoisotopic (exact) mass is 327 g/mol. The Morgan fingerprint density at radius 2 is 1.96 bits per heavy atom. The molecule has 0 amide bonds. The third kappa shape index (κ3) is 2.44. The Balaban J connectivity index is 1.97. The summed E-state index contributed by atoms with van der Waals surface area (Å²) in [5, 5.41) is 17.2. The van der Waals surface area contributed by atoms with Crippen molar-refractivity contribution in [2.75, 3.05) is 31.1 Å². The Labute approximate surface area is 139 Å². The van der Waals surface area contributed by atoms with E-state index in [0.29, 0.717) is 5.75 Å². The van der Waals surface area contributed by atoms with Crippen LogP contribution in [-0.4, -0.2) is 36.3 Å². The van der Waals surface area contributed by atoms with E-state index in [0.717, 1.165) is 70.7 Å². The molecule has 5 heteroatoms. The van der Waals surface area contributed by atoms with Gasteiger partial charge in [-0.2, -0.15) is 0 Å². The Morgan fingerprint density at radius 3 is 2.70 bits per heavy atom. The van der Waals surface area contributed by atoms with Gasteiger partial charge in [0.25, 0.3) is 0 Å². The number of aromatic hydroxyl groups is 1. The van der Waals surface area contributed by atoms with Crippen LogP contribution in [0.3, 0.4) is 0 Å². The number of nitrogens with zero attached hydrogens (tertiary/aromatic N) is 2. The van der Waals surface area contributed by atoms with Gasteiger partial charge in [-0.05, 0) is 6.42 Å². The largest absolute Gasteiger partial charge is 0.507 e. The summed E-state index contributed by atoms with van der Waals surface area (Å²) in [4.78, 5) is 7.30. The van der Waals surface area contributed by atoms with E-state index >= 15 is 0 Å². The van der Waals surface area contributed by atoms with E-state index in [2.05, 4.69) is 23.2 Å². The van der Waals surface area contributed by atoms with Gasteiger partial charge in [0, 0.05) is 42.5 Å². The van der Waals surface area contributed by atoms with E-state index in [4.69, 9.17) is 4.98 Å². The van der Waals surface area contributed by atoms with E-state index in [1.54, 1.807) is 11.3 Å². The molecule has 1 saturated heterocycles. The molecule has 0 bridgehead atoms. The van der Waals surface area contributed by atoms with Gasteiger partial charge in [-0.25, -0.2) is 4.98 Å². The lowest BCUT2D eigenvalue weighted by Gasteiger charge is -2.26. The topological polar surface area (TPSA) is 48.4 Å². The number of benzene rings is 2. The van der Waals surface area contributed by atoms with Crippen LogP contribution in [0.2, 0.25) is 0 Å². The van der Waals surface area contributed by atoms with Gasteiger partial charge in [0.05, 0.1) is 10.2 Å². The molecule has 1 aliphatic rings. The minimum Gasteiger partial charge on any atom is -0.507 e. The van der Waals surface area contributed by atoms with Crippen LogP contribution >= 0.6 is 11.3 Å². The van der Waals surface area contributed by atoms with Gasteiger partial charge in [0.15, 0.2) is 5.13 Å². The van der Waals surface area contributed by atoms with E-state index in [1.807, 2.05) is 18.2 Å². The molecule has 0 atom stereocenters. The number of hydrogen-bond acceptors (Lipinski definition) is 5. The second-order valence-corrected chi connectivity index (χ2v) is 7.01. The molecule has 1 aromatic heterocycles. The van der Waals surface area contributed by atoms with Crippen molar-refractivity contribution in [1.29, 1.82) is 0 Å². The zero-order valence-electron chi connectivity index (χ0n) is 13.3. The molecule has 2 N–H and O–H groups in total. The van der Waals surface area contributed by atoms with Crippen LogP contribution in [0.15, 0.2) is 24.3 Å². The summed E-state index contributed by atoms with van der Waals surface area (Å²) in [6, 6.07) is 8.05. The molecule has 1 aliphatic heterocycles. The van der Waals surface area contributed by atoms with Crippen LogP contribution in [0.25, 0.3) is 21.0 Å². The van der Waals surface area contributed by atoms with Crippen LogP contribution in [0.5, 0.6) is 5.75 Å². The number of piperazine rings is 1. The summed E-state index contributed by atoms with van der Waals surface area (Å²) in [6.45, 7) is 6.14. The summed E-state index contributed by atoms with van der Waals surface area (Å²) < 4.78 is 1.15. The van der Waals surface area contributed by atoms with Crippen LogP contribution in [0.4, 0.5) is 5.13 Å². The number of anilines is 1. The van der Waals surface area contributed by atoms with Crippen molar-refractivity contribution in [2.45, 2.75) is 19.8 Å². The Morgan fingerprint density at radius 1 is 1.22 bits per heavy atom. The predicted octanol–water partition coefficient (Wildman–Crippen LogP) is 3.52. The fourth-order valence-electron chi connectivity index (χ4n) is 3.34. The molecule has 3 aromatic rings. The van der Waals surface area contributed by atoms with Crippen molar-refractivity contribution in [3.8, 4) is 5.75 Å². The third-order valence-electron chi connectivity index (χ3n) is 4.50. The average Bonchev–Trinajstić information content (AvgIpc) is 3.05. The first-order valence-corrected chi connectivity index (χ1v) is 9.10. The van der Waals surface area contributed by atoms with Gasteiger partial charge in [0.1, 0.15) is 5.75 Å². The molecule has 2 heterocycles. The van der Waals surface area contributed by atoms with Gasteiger partial charge in [-0.3, -0.25) is 0 Å². The fraction of sp³-hybridized carbons (Fsp3) is 0.389. The summed E-state index contributed by atoms with van der Waals surface area (Å²) in [5.41, 5.74) is 2.10. The summed E-state index contributed by atoms with van der Waals surface area (Å²) in [6.07, 6.45) is 1.90. The lowest BCUT2D eigenvalue weighted by molar-refractivity contribution is 0.475. The van der Waals surface area contributed by atoms with Crippen molar-refractivity contribution >= 4 is 37.5 Å². The zero-order chi connectivity index (χ0) is 15.8. The number of aromatic nitrogens is 1. The van der Waals surface area contributed by atoms with Crippen molar-refractivity contribution in [3.63, 3.8) is 0 Å². The minimum absolute atomic E-state index is 0.436. The first-order chi connectivity index (χ1) is 11.3. The van der Waals surface area contributed by atoms with Crippen molar-refractivity contribution < 1.29 is 5.11 Å². The molecule has 2 aromatic carbocycles. The SMILES string of the molecule is CCCc1c(O)c2ccccc2c2nc(N3CCNCC3)sc12. The molecule has 0 saturated carbocycles. The Kier molecular flexibility index (Phi) is 3.83. The summed E-state index contributed by atoms with van der Waals surface area (Å²) in [7, 11) is 0. The summed E-state index contributed by atoms with van der Waals surface area (Å²) >= 11 is 1.73. The Hall–Kier alpha value is -1.85. The van der Waals surface area contributed by atoms with E-state index in [1.165, 1.54) is 0 Å². The molecule has 0 aliphatic carbocycles. The number of rotatable bonds is 3. The number of nitrogens with one attached hydrogen (secondary N) is 1. The molecule has 23 heavy (non-hydrogen) atoms. The predicted molar refractivity (Wildman–Crippen MR) is 97.9 cm³/mol. The number of thiazole rings is 1. The van der Waals surface area contributed by atoms with Gasteiger partial charge >= 0.3 is 0 Å². The smallest absolute Gasteiger partial charge is 0.186 e. The quantitative estimate of drug-likeness (QED) is 0.773. The highest BCUT2D eigenvalue weighted by Gasteiger charge is 2.20. The molecular weight excluding hydrogens is 306 g/mol. The lowest BCUT2D eigenvalue weighted by Crippen LogP contribution is -2.43. The lowest BCUT2D eigenvalue weighted by atomic mass is 10.0. The second-order valence-electron chi connectivity index (χ2n) is 6.03. The van der Waals surface area contributed by atoms with Crippen LogP contribution in [-0.2, 0) is 6.42 Å². The molecule has 4 nitrogen and oxygen atoms in total. The van der Waals surface area contributed by atoms with Crippen LogP contribution in [0, 0.1) is 0 Å². The number of hydrogen-bond donors (Lipinski definition) is 2. The Bertz CT molecular complexity index is 852. The van der Waals surface area contributed by atoms with Gasteiger partial charge < -0.3 is 15.3 Å². The van der Waals surface area contributed by atoms with E-state index < -0.39 is 0 Å². The molecule has 1 fully saturated rings. The second kappa shape index (κ2) is 5.98. The molecule has 0 radical (unpaired) electrons. The first-order valence-electron chi connectivity index (χ1n) is 8.28. The number of aryl methyl sites for hydroxylation is 1. The molecular formula is C18H21N3OS. The van der Waals surface area contributed by atoms with E-state index in [-0.39, 0.29) is 0 Å². The standard InChI is InChI=1S/C18H21N3OS/c1-2-5-14-16(22)13-7-4-3-6-12(13)15-17(14)23-18(20-15)21-10-8-19-9-11-21/h3-4,6-7,19,22H,2,5,8-11H2,1H3. The van der Waals surface area contributed by atoms with Gasteiger partial charge in [0.2, 0.25) is 0 Å². The van der Waals surface area contributed by atoms with Crippen molar-refractivity contribution in [1.82, 2.24) is 10.3 Å². The maximum atomic E-state index is 10.8. The van der Waals surface area contributed by atoms with Gasteiger partial charge in [-0.15, -0.1) is 0 Å². The number of phenols is 1. The summed E-state index contributed by atoms with van der Waals surface area (Å²) in [5.74, 6) is 0.436. The maximum absolute atomic E-state index is 10.8. The fourth-order valence-corrected chi connectivity index (χ4v) is 4.54. The first kappa shape index (κ1) is 14.7. The van der Waals surface area contributed by atoms with Crippen molar-refractivity contribution in [2.24, 2.45) is 0 Å². The molecule has 4 rings (SSSR count). The molecule has 0 spiro atoms. The minimum atomic E-state index is 0.436. The highest BCUT2D eigenvalue weighted by atomic mass is 32.1. The third-order valence-corrected chi connectivity index (χ3v) is 5.68. The van der Waals surface area contributed by atoms with Crippen molar-refractivity contribution in [3.05, 3.63) is 29.8 Å². The highest BCUT2D eigenvalue weighted by molar-refractivity contribution is 7.22. The maximum Gasteiger partial charge on any atom is 0.186 e. The zero-order valence-corrected chi connectivity index (χ0v) is 14.1. The molecule has 0 unspecified atom stereocenters. The highest BCUT2D eigenvalue weighted by Crippen LogP contribution is 2.42. The average molecular weight is 327 g/mol.